The lowest BCUT2D eigenvalue weighted by molar-refractivity contribution is -0.135. The van der Waals surface area contributed by atoms with E-state index in [1.54, 1.807) is 0 Å². The molecule has 17 heteroatoms. The number of guanidine groups is 1. The van der Waals surface area contributed by atoms with Crippen LogP contribution in [-0.4, -0.2) is 95.5 Å². The summed E-state index contributed by atoms with van der Waals surface area (Å²) in [6.07, 6.45) is 7.86. The fraction of sp³-hybridized carbons (Fsp3) is 0.462. The van der Waals surface area contributed by atoms with E-state index in [1.807, 2.05) is 91.1 Å². The highest BCUT2D eigenvalue weighted by Crippen LogP contribution is 2.28. The molecule has 1 aliphatic carbocycles. The zero-order valence-corrected chi connectivity index (χ0v) is 39.5. The predicted octanol–water partition coefficient (Wildman–Crippen LogP) is 3.15. The Balaban J connectivity index is 1.35. The lowest BCUT2D eigenvalue weighted by Crippen LogP contribution is -2.59. The molecular weight excluding hydrogens is 877 g/mol. The zero-order valence-electron chi connectivity index (χ0n) is 39.5. The van der Waals surface area contributed by atoms with Crippen molar-refractivity contribution in [2.75, 3.05) is 13.1 Å². The summed E-state index contributed by atoms with van der Waals surface area (Å²) < 4.78 is 0. The molecule has 2 fully saturated rings. The quantitative estimate of drug-likeness (QED) is 0.0481. The number of carbonyl (C=O) groups excluding carboxylic acids is 7. The molecule has 4 aromatic rings. The number of nitrogens with two attached hydrogens (primary N) is 2. The predicted molar refractivity (Wildman–Crippen MR) is 264 cm³/mol. The fourth-order valence-electron chi connectivity index (χ4n) is 9.39. The third-order valence-corrected chi connectivity index (χ3v) is 13.0. The van der Waals surface area contributed by atoms with Crippen molar-refractivity contribution in [1.82, 2.24) is 36.9 Å². The van der Waals surface area contributed by atoms with Crippen LogP contribution in [0, 0.1) is 11.8 Å². The second kappa shape index (κ2) is 25.9. The molecule has 1 aromatic heterocycles. The second-order valence-electron chi connectivity index (χ2n) is 18.4. The Morgan fingerprint density at radius 2 is 1.38 bits per heavy atom. The number of benzene rings is 3. The topological polar surface area (TPSA) is 272 Å². The third-order valence-electron chi connectivity index (χ3n) is 13.0. The number of ketones is 1. The van der Waals surface area contributed by atoms with E-state index in [0.29, 0.717) is 12.8 Å². The average Bonchev–Trinajstić information content (AvgIpc) is 3.75. The van der Waals surface area contributed by atoms with E-state index >= 15 is 0 Å². The van der Waals surface area contributed by atoms with E-state index in [9.17, 15) is 33.6 Å². The van der Waals surface area contributed by atoms with Crippen molar-refractivity contribution in [3.8, 4) is 0 Å². The van der Waals surface area contributed by atoms with Crippen molar-refractivity contribution >= 4 is 58.1 Å². The van der Waals surface area contributed by atoms with Crippen LogP contribution in [0.3, 0.4) is 0 Å². The standard InChI is InChI=1S/C52H68N10O7/c1-33(63)58-43(27-34-15-5-2-6-16-34)49(67)59-41-24-14-25-55-47(65)37(21-13-26-56-52(53)54)31-46(64)42(30-38-32-57-40-23-12-11-22-39(38)40)60-50(68)44(28-35-17-7-3-8-18-35)62-51(69)45(61-48(41)66)29-36-19-9-4-10-20-36/h2,4-6,9-12,15-16,19-20,22-23,32,35,37,41-45,57H,3,7-8,13-14,17-18,21,24-31H2,1H3,(H,55,65)(H,58,63)(H,59,67)(H,60,68)(H,61,66)(H,62,69)(H4,53,54,56)/t37-,41+,42+,43+,44-,45+/m1/s1. The van der Waals surface area contributed by atoms with Crippen LogP contribution < -0.4 is 43.4 Å². The molecule has 1 saturated heterocycles. The molecule has 0 radical (unpaired) electrons. The number of aromatic amines is 1. The fourth-order valence-corrected chi connectivity index (χ4v) is 9.39. The minimum atomic E-state index is -1.21. The summed E-state index contributed by atoms with van der Waals surface area (Å²) in [6, 6.07) is 20.3. The highest BCUT2D eigenvalue weighted by Gasteiger charge is 2.35. The first-order valence-corrected chi connectivity index (χ1v) is 24.3. The van der Waals surface area contributed by atoms with Crippen molar-refractivity contribution in [2.45, 2.75) is 127 Å². The normalized spacial score (nSPS) is 21.9. The third kappa shape index (κ3) is 16.0. The van der Waals surface area contributed by atoms with E-state index in [2.05, 4.69) is 41.9 Å². The molecule has 0 spiro atoms. The largest absolute Gasteiger partial charge is 0.370 e. The number of nitrogens with one attached hydrogen (secondary N) is 7. The van der Waals surface area contributed by atoms with Crippen LogP contribution in [0.1, 0.15) is 94.2 Å². The van der Waals surface area contributed by atoms with Gasteiger partial charge in [-0.05, 0) is 60.8 Å². The summed E-state index contributed by atoms with van der Waals surface area (Å²) in [4.78, 5) is 107. The molecule has 1 saturated carbocycles. The van der Waals surface area contributed by atoms with Gasteiger partial charge in [-0.1, -0.05) is 111 Å². The van der Waals surface area contributed by atoms with Gasteiger partial charge in [-0.15, -0.1) is 0 Å². The summed E-state index contributed by atoms with van der Waals surface area (Å²) in [5, 5.41) is 18.3. The Hall–Kier alpha value is -7.04. The minimum absolute atomic E-state index is 0.0309. The van der Waals surface area contributed by atoms with Crippen LogP contribution in [-0.2, 0) is 52.8 Å². The molecule has 3 aromatic carbocycles. The number of hydrogen-bond acceptors (Lipinski definition) is 8. The van der Waals surface area contributed by atoms with Gasteiger partial charge in [0.25, 0.3) is 0 Å². The van der Waals surface area contributed by atoms with E-state index in [4.69, 9.17) is 11.5 Å². The van der Waals surface area contributed by atoms with Crippen molar-refractivity contribution in [2.24, 2.45) is 28.3 Å². The molecule has 6 rings (SSSR count). The average molecular weight is 945 g/mol. The van der Waals surface area contributed by atoms with Crippen LogP contribution in [0.15, 0.2) is 96.1 Å². The Labute approximate surface area is 403 Å². The van der Waals surface area contributed by atoms with E-state index < -0.39 is 71.6 Å². The van der Waals surface area contributed by atoms with Crippen LogP contribution in [0.4, 0.5) is 0 Å². The van der Waals surface area contributed by atoms with Gasteiger partial charge in [0.1, 0.15) is 24.2 Å². The highest BCUT2D eigenvalue weighted by atomic mass is 16.2. The number of fused-ring (bicyclic) bond motifs is 1. The van der Waals surface area contributed by atoms with Crippen molar-refractivity contribution in [1.29, 1.82) is 0 Å². The van der Waals surface area contributed by atoms with E-state index in [0.717, 1.165) is 59.7 Å². The molecule has 1 aliphatic heterocycles. The maximum atomic E-state index is 14.8. The molecule has 0 unspecified atom stereocenters. The van der Waals surface area contributed by atoms with Gasteiger partial charge in [0, 0.05) is 68.7 Å². The molecule has 17 nitrogen and oxygen atoms in total. The number of amides is 6. The number of rotatable bonds is 15. The zero-order chi connectivity index (χ0) is 49.1. The molecule has 2 aliphatic rings. The summed E-state index contributed by atoms with van der Waals surface area (Å²) in [7, 11) is 0. The number of nitrogens with zero attached hydrogens (tertiary/aromatic N) is 1. The smallest absolute Gasteiger partial charge is 0.243 e. The molecular formula is C52H68N10O7. The number of carbonyl (C=O) groups is 7. The number of Topliss-reactive ketones (excluding diaryl/α,β-unsaturated/α-hetero) is 1. The second-order valence-corrected chi connectivity index (χ2v) is 18.4. The Bertz CT molecular complexity index is 2400. The Morgan fingerprint density at radius 3 is 2.09 bits per heavy atom. The Morgan fingerprint density at radius 1 is 0.725 bits per heavy atom. The molecule has 0 bridgehead atoms. The molecule has 69 heavy (non-hydrogen) atoms. The number of H-pyrrole nitrogens is 1. The first-order chi connectivity index (χ1) is 33.3. The van der Waals surface area contributed by atoms with Crippen LogP contribution in [0.25, 0.3) is 10.9 Å². The maximum absolute atomic E-state index is 14.8. The summed E-state index contributed by atoms with van der Waals surface area (Å²) >= 11 is 0. The first-order valence-electron chi connectivity index (χ1n) is 24.3. The van der Waals surface area contributed by atoms with Gasteiger partial charge >= 0.3 is 0 Å². The van der Waals surface area contributed by atoms with E-state index in [1.165, 1.54) is 6.92 Å². The first kappa shape index (κ1) is 51.4. The molecule has 6 atom stereocenters. The number of aromatic nitrogens is 1. The molecule has 11 N–H and O–H groups in total. The van der Waals surface area contributed by atoms with Crippen LogP contribution in [0.2, 0.25) is 0 Å². The maximum Gasteiger partial charge on any atom is 0.243 e. The van der Waals surface area contributed by atoms with Crippen molar-refractivity contribution in [3.05, 3.63) is 108 Å². The van der Waals surface area contributed by atoms with Gasteiger partial charge in [-0.2, -0.15) is 0 Å². The van der Waals surface area contributed by atoms with Gasteiger partial charge < -0.3 is 48.4 Å². The summed E-state index contributed by atoms with van der Waals surface area (Å²) in [6.45, 7) is 1.60. The van der Waals surface area contributed by atoms with Crippen molar-refractivity contribution < 1.29 is 33.6 Å². The molecule has 6 amide bonds. The van der Waals surface area contributed by atoms with Gasteiger partial charge in [-0.3, -0.25) is 38.6 Å². The number of para-hydroxylation sites is 1. The lowest BCUT2D eigenvalue weighted by Gasteiger charge is -2.30. The molecule has 368 valence electrons. The monoisotopic (exact) mass is 945 g/mol. The summed E-state index contributed by atoms with van der Waals surface area (Å²) in [5.74, 6) is -4.47. The lowest BCUT2D eigenvalue weighted by atomic mass is 9.84. The van der Waals surface area contributed by atoms with E-state index in [-0.39, 0.29) is 75.7 Å². The summed E-state index contributed by atoms with van der Waals surface area (Å²) in [5.41, 5.74) is 14.3. The number of aliphatic imine (C=N–C) groups is 1. The highest BCUT2D eigenvalue weighted by molar-refractivity contribution is 5.98. The van der Waals surface area contributed by atoms with Gasteiger partial charge in [0.2, 0.25) is 35.4 Å². The van der Waals surface area contributed by atoms with Crippen LogP contribution in [0.5, 0.6) is 0 Å². The number of hydrogen-bond donors (Lipinski definition) is 9. The molecule has 2 heterocycles. The van der Waals surface area contributed by atoms with Crippen molar-refractivity contribution in [3.63, 3.8) is 0 Å². The SMILES string of the molecule is CC(=O)N[C@@H](Cc1ccccc1)C(=O)N[C@H]1CCCNC(=O)[C@H](CCCN=C(N)N)CC(=O)[C@H](Cc2c[nH]c3ccccc23)NC(=O)[C@@H](CC2CCCCC2)NC(=O)[C@H](Cc2ccccc2)NC1=O. The van der Waals surface area contributed by atoms with Gasteiger partial charge in [0.05, 0.1) is 6.04 Å². The van der Waals surface area contributed by atoms with Gasteiger partial charge in [0.15, 0.2) is 11.7 Å². The Kier molecular flexibility index (Phi) is 19.3. The van der Waals surface area contributed by atoms with Gasteiger partial charge in [-0.25, -0.2) is 0 Å². The minimum Gasteiger partial charge on any atom is -0.370 e. The van der Waals surface area contributed by atoms with Crippen LogP contribution >= 0.6 is 0 Å².